The molecule has 0 aliphatic heterocycles. The van der Waals surface area contributed by atoms with Gasteiger partial charge < -0.3 is 19.9 Å². The van der Waals surface area contributed by atoms with Gasteiger partial charge >= 0.3 is 12.1 Å². The minimum absolute atomic E-state index is 0.214. The van der Waals surface area contributed by atoms with Crippen molar-refractivity contribution < 1.29 is 24.2 Å². The maximum Gasteiger partial charge on any atom is 0.407 e. The quantitative estimate of drug-likeness (QED) is 0.766. The Morgan fingerprint density at radius 1 is 1.35 bits per heavy atom. The molecule has 2 atom stereocenters. The molecule has 1 amide bonds. The molecule has 0 spiro atoms. The van der Waals surface area contributed by atoms with Gasteiger partial charge in [-0.2, -0.15) is 0 Å². The zero-order chi connectivity index (χ0) is 13.6. The van der Waals surface area contributed by atoms with E-state index in [2.05, 4.69) is 5.32 Å². The van der Waals surface area contributed by atoms with Gasteiger partial charge in [-0.05, 0) is 27.7 Å². The second kappa shape index (κ2) is 6.44. The number of rotatable bonds is 5. The van der Waals surface area contributed by atoms with Crippen LogP contribution in [0.1, 0.15) is 34.1 Å². The number of carbonyl (C=O) groups is 2. The van der Waals surface area contributed by atoms with Gasteiger partial charge in [0.05, 0.1) is 18.6 Å². The first-order valence-electron chi connectivity index (χ1n) is 5.40. The standard InChI is InChI=1S/C11H21NO5/c1-7(16-5)8(6-9(13)14)12-10(15)17-11(2,3)4/h7-8H,6H2,1-5H3,(H,12,15)(H,13,14)/t7-,8-/m1/s1. The van der Waals surface area contributed by atoms with Crippen LogP contribution in [0.15, 0.2) is 0 Å². The summed E-state index contributed by atoms with van der Waals surface area (Å²) in [7, 11) is 1.45. The van der Waals surface area contributed by atoms with Crippen LogP contribution in [0.4, 0.5) is 4.79 Å². The summed E-state index contributed by atoms with van der Waals surface area (Å²) in [6.45, 7) is 6.89. The summed E-state index contributed by atoms with van der Waals surface area (Å²) < 4.78 is 10.1. The van der Waals surface area contributed by atoms with E-state index in [0.29, 0.717) is 0 Å². The molecule has 6 nitrogen and oxygen atoms in total. The maximum absolute atomic E-state index is 11.5. The van der Waals surface area contributed by atoms with Crippen molar-refractivity contribution in [3.63, 3.8) is 0 Å². The molecule has 0 aliphatic carbocycles. The van der Waals surface area contributed by atoms with Crippen LogP contribution >= 0.6 is 0 Å². The van der Waals surface area contributed by atoms with E-state index in [4.69, 9.17) is 14.6 Å². The Bertz CT molecular complexity index is 272. The molecule has 0 aromatic carbocycles. The number of nitrogens with one attached hydrogen (secondary N) is 1. The first-order chi connectivity index (χ1) is 7.65. The van der Waals surface area contributed by atoms with Gasteiger partial charge in [-0.1, -0.05) is 0 Å². The summed E-state index contributed by atoms with van der Waals surface area (Å²) >= 11 is 0. The van der Waals surface area contributed by atoms with Crippen LogP contribution in [0.3, 0.4) is 0 Å². The number of carboxylic acid groups (broad SMARTS) is 1. The molecule has 0 saturated carbocycles. The van der Waals surface area contributed by atoms with Crippen molar-refractivity contribution in [3.05, 3.63) is 0 Å². The Morgan fingerprint density at radius 2 is 1.88 bits per heavy atom. The monoisotopic (exact) mass is 247 g/mol. The predicted octanol–water partition coefficient (Wildman–Crippen LogP) is 1.39. The second-order valence-corrected chi connectivity index (χ2v) is 4.79. The topological polar surface area (TPSA) is 84.9 Å². The van der Waals surface area contributed by atoms with E-state index >= 15 is 0 Å². The molecule has 0 aliphatic rings. The van der Waals surface area contributed by atoms with Crippen LogP contribution in [0.5, 0.6) is 0 Å². The number of carbonyl (C=O) groups excluding carboxylic acids is 1. The van der Waals surface area contributed by atoms with E-state index in [0.717, 1.165) is 0 Å². The molecule has 100 valence electrons. The van der Waals surface area contributed by atoms with Crippen molar-refractivity contribution in [1.82, 2.24) is 5.32 Å². The normalized spacial score (nSPS) is 14.9. The minimum Gasteiger partial charge on any atom is -0.481 e. The van der Waals surface area contributed by atoms with E-state index in [1.54, 1.807) is 27.7 Å². The lowest BCUT2D eigenvalue weighted by molar-refractivity contribution is -0.138. The van der Waals surface area contributed by atoms with Gasteiger partial charge in [0.15, 0.2) is 0 Å². The van der Waals surface area contributed by atoms with Crippen LogP contribution < -0.4 is 5.32 Å². The predicted molar refractivity (Wildman–Crippen MR) is 61.9 cm³/mol. The fourth-order valence-electron chi connectivity index (χ4n) is 1.15. The third kappa shape index (κ3) is 7.57. The molecule has 0 aromatic rings. The number of ether oxygens (including phenoxy) is 2. The Hall–Kier alpha value is -1.30. The van der Waals surface area contributed by atoms with Gasteiger partial charge in [-0.25, -0.2) is 4.79 Å². The van der Waals surface area contributed by atoms with Crippen molar-refractivity contribution >= 4 is 12.1 Å². The zero-order valence-electron chi connectivity index (χ0n) is 10.9. The third-order valence-electron chi connectivity index (χ3n) is 2.04. The average Bonchev–Trinajstić information content (AvgIpc) is 2.11. The van der Waals surface area contributed by atoms with Crippen molar-refractivity contribution in [2.24, 2.45) is 0 Å². The summed E-state index contributed by atoms with van der Waals surface area (Å²) in [5.41, 5.74) is -0.617. The Morgan fingerprint density at radius 3 is 2.24 bits per heavy atom. The molecule has 0 heterocycles. The Labute approximate surface area is 101 Å². The van der Waals surface area contributed by atoms with E-state index in [1.165, 1.54) is 7.11 Å². The van der Waals surface area contributed by atoms with Gasteiger partial charge in [-0.15, -0.1) is 0 Å². The lowest BCUT2D eigenvalue weighted by atomic mass is 10.1. The molecule has 6 heteroatoms. The summed E-state index contributed by atoms with van der Waals surface area (Å²) in [5, 5.41) is 11.2. The molecule has 0 fully saturated rings. The molecule has 2 N–H and O–H groups in total. The van der Waals surface area contributed by atoms with Crippen molar-refractivity contribution in [2.45, 2.75) is 51.9 Å². The molecular formula is C11H21NO5. The SMILES string of the molecule is CO[C@H](C)[C@@H](CC(=O)O)NC(=O)OC(C)(C)C. The van der Waals surface area contributed by atoms with Crippen molar-refractivity contribution in [3.8, 4) is 0 Å². The molecule has 0 unspecified atom stereocenters. The molecule has 0 radical (unpaired) electrons. The van der Waals surface area contributed by atoms with Gasteiger partial charge in [0, 0.05) is 7.11 Å². The molecule has 0 aromatic heterocycles. The Kier molecular flexibility index (Phi) is 5.95. The van der Waals surface area contributed by atoms with Gasteiger partial charge in [0.1, 0.15) is 5.60 Å². The molecule has 0 rings (SSSR count). The summed E-state index contributed by atoms with van der Waals surface area (Å²) in [5.74, 6) is -1.00. The number of hydrogen-bond donors (Lipinski definition) is 2. The molecule has 0 saturated heterocycles. The molecular weight excluding hydrogens is 226 g/mol. The van der Waals surface area contributed by atoms with Crippen LogP contribution in [-0.4, -0.2) is 42.0 Å². The number of hydrogen-bond acceptors (Lipinski definition) is 4. The third-order valence-corrected chi connectivity index (χ3v) is 2.04. The number of alkyl carbamates (subject to hydrolysis) is 1. The number of amides is 1. The lowest BCUT2D eigenvalue weighted by Gasteiger charge is -2.25. The van der Waals surface area contributed by atoms with Crippen LogP contribution in [0, 0.1) is 0 Å². The highest BCUT2D eigenvalue weighted by Gasteiger charge is 2.25. The fourth-order valence-corrected chi connectivity index (χ4v) is 1.15. The van der Waals surface area contributed by atoms with Crippen molar-refractivity contribution in [2.75, 3.05) is 7.11 Å². The zero-order valence-corrected chi connectivity index (χ0v) is 10.9. The van der Waals surface area contributed by atoms with E-state index in [9.17, 15) is 9.59 Å². The average molecular weight is 247 g/mol. The van der Waals surface area contributed by atoms with Crippen molar-refractivity contribution in [1.29, 1.82) is 0 Å². The first-order valence-corrected chi connectivity index (χ1v) is 5.40. The highest BCUT2D eigenvalue weighted by Crippen LogP contribution is 2.09. The van der Waals surface area contributed by atoms with E-state index in [-0.39, 0.29) is 6.42 Å². The lowest BCUT2D eigenvalue weighted by Crippen LogP contribution is -2.46. The highest BCUT2D eigenvalue weighted by atomic mass is 16.6. The van der Waals surface area contributed by atoms with Gasteiger partial charge in [-0.3, -0.25) is 4.79 Å². The number of aliphatic carboxylic acids is 1. The summed E-state index contributed by atoms with van der Waals surface area (Å²) in [4.78, 5) is 22.1. The molecule has 17 heavy (non-hydrogen) atoms. The van der Waals surface area contributed by atoms with Crippen LogP contribution in [0.2, 0.25) is 0 Å². The summed E-state index contributed by atoms with van der Waals surface area (Å²) in [6.07, 6.45) is -1.26. The minimum atomic E-state index is -1.00. The fraction of sp³-hybridized carbons (Fsp3) is 0.818. The second-order valence-electron chi connectivity index (χ2n) is 4.79. The Balaban J connectivity index is 4.42. The molecule has 0 bridgehead atoms. The van der Waals surface area contributed by atoms with E-state index < -0.39 is 29.8 Å². The smallest absolute Gasteiger partial charge is 0.407 e. The summed E-state index contributed by atoms with van der Waals surface area (Å²) in [6, 6.07) is -0.618. The first kappa shape index (κ1) is 15.7. The number of carboxylic acids is 1. The highest BCUT2D eigenvalue weighted by molar-refractivity contribution is 5.71. The van der Waals surface area contributed by atoms with Gasteiger partial charge in [0.25, 0.3) is 0 Å². The number of methoxy groups -OCH3 is 1. The van der Waals surface area contributed by atoms with Crippen LogP contribution in [-0.2, 0) is 14.3 Å². The van der Waals surface area contributed by atoms with Crippen LogP contribution in [0.25, 0.3) is 0 Å². The maximum atomic E-state index is 11.5. The van der Waals surface area contributed by atoms with E-state index in [1.807, 2.05) is 0 Å². The van der Waals surface area contributed by atoms with Gasteiger partial charge in [0.2, 0.25) is 0 Å². The largest absolute Gasteiger partial charge is 0.481 e.